The molecule has 3 aliphatic carbocycles. The summed E-state index contributed by atoms with van der Waals surface area (Å²) in [5.41, 5.74) is 15.6. The molecule has 0 aliphatic heterocycles. The molecule has 49 heavy (non-hydrogen) atoms. The molecular formula is C45H54Cl2SiZr. The summed E-state index contributed by atoms with van der Waals surface area (Å²) in [7, 11) is -1.41. The molecule has 0 amide bonds. The molecular weight excluding hydrogens is 731 g/mol. The van der Waals surface area contributed by atoms with E-state index >= 15 is 0 Å². The maximum absolute atomic E-state index is 2.93. The van der Waals surface area contributed by atoms with Gasteiger partial charge in [0.15, 0.2) is 0 Å². The Morgan fingerprint density at radius 1 is 0.816 bits per heavy atom. The van der Waals surface area contributed by atoms with Crippen LogP contribution in [0.2, 0.25) is 19.6 Å². The zero-order valence-electron chi connectivity index (χ0n) is 31.5. The van der Waals surface area contributed by atoms with E-state index in [0.717, 1.165) is 6.42 Å². The Morgan fingerprint density at radius 2 is 1.45 bits per heavy atom. The summed E-state index contributed by atoms with van der Waals surface area (Å²) in [5, 5.41) is 4.67. The minimum Gasteiger partial charge on any atom is -1.00 e. The Morgan fingerprint density at radius 3 is 2.08 bits per heavy atom. The van der Waals surface area contributed by atoms with Crippen LogP contribution >= 0.6 is 0 Å². The van der Waals surface area contributed by atoms with E-state index in [-0.39, 0.29) is 27.9 Å². The fraction of sp³-hybridized carbons (Fsp3) is 0.400. The van der Waals surface area contributed by atoms with Gasteiger partial charge in [-0.05, 0) is 0 Å². The van der Waals surface area contributed by atoms with Gasteiger partial charge >= 0.3 is 295 Å². The molecule has 7 rings (SSSR count). The van der Waals surface area contributed by atoms with Crippen molar-refractivity contribution in [2.24, 2.45) is 11.8 Å². The summed E-state index contributed by atoms with van der Waals surface area (Å²) in [4.78, 5) is 0. The number of fused-ring (bicyclic) bond motifs is 8. The molecule has 0 fully saturated rings. The molecule has 5 unspecified atom stereocenters. The van der Waals surface area contributed by atoms with Gasteiger partial charge in [0.05, 0.1) is 0 Å². The normalized spacial score (nSPS) is 24.0. The van der Waals surface area contributed by atoms with E-state index in [4.69, 9.17) is 0 Å². The van der Waals surface area contributed by atoms with Gasteiger partial charge in [0.1, 0.15) is 0 Å². The smallest absolute Gasteiger partial charge is 1.00 e. The van der Waals surface area contributed by atoms with Crippen LogP contribution in [-0.2, 0) is 30.8 Å². The van der Waals surface area contributed by atoms with Crippen LogP contribution in [0.1, 0.15) is 97.4 Å². The average Bonchev–Trinajstić information content (AvgIpc) is 3.65. The van der Waals surface area contributed by atoms with Gasteiger partial charge in [-0.15, -0.1) is 0 Å². The maximum Gasteiger partial charge on any atom is -1.00 e. The van der Waals surface area contributed by atoms with Crippen LogP contribution in [-0.4, -0.2) is 11.8 Å². The molecule has 0 saturated carbocycles. The van der Waals surface area contributed by atoms with Crippen LogP contribution in [0.15, 0.2) is 81.3 Å². The van der Waals surface area contributed by atoms with Crippen LogP contribution in [0, 0.1) is 32.6 Å². The van der Waals surface area contributed by atoms with Gasteiger partial charge in [-0.1, -0.05) is 0 Å². The summed E-state index contributed by atoms with van der Waals surface area (Å²) in [6.07, 6.45) is 7.64. The molecule has 3 aliphatic rings. The van der Waals surface area contributed by atoms with Gasteiger partial charge in [-0.3, -0.25) is 0 Å². The van der Waals surface area contributed by atoms with Gasteiger partial charge in [0, 0.05) is 0 Å². The van der Waals surface area contributed by atoms with Gasteiger partial charge in [-0.2, -0.15) is 0 Å². The van der Waals surface area contributed by atoms with Crippen LogP contribution < -0.4 is 24.8 Å². The van der Waals surface area contributed by atoms with E-state index in [1.807, 2.05) is 3.28 Å². The minimum atomic E-state index is -2.54. The summed E-state index contributed by atoms with van der Waals surface area (Å²) in [6.45, 7) is 27.8. The summed E-state index contributed by atoms with van der Waals surface area (Å²) in [6, 6.07) is 23.3. The van der Waals surface area contributed by atoms with Gasteiger partial charge in [0.2, 0.25) is 0 Å². The SMILES string of the molecule is Cc1cc2c(c(C)c1C)C(C)c1c3c(c4ccccc4c1-2)C(C)C(C)C(C)[C]3(C)[Zr+2](=[CH]Cc1ccccc1)[C]1=CC([Si](C)(C)C)=CC1.[Cl-].[Cl-]. The fourth-order valence-corrected chi connectivity index (χ4v) is 20.6. The number of hydrogen-bond donors (Lipinski definition) is 0. The first kappa shape index (κ1) is 38.4. The molecule has 4 aromatic rings. The van der Waals surface area contributed by atoms with Crippen molar-refractivity contribution in [3.05, 3.63) is 126 Å². The number of hydrogen-bond acceptors (Lipinski definition) is 0. The van der Waals surface area contributed by atoms with Crippen LogP contribution in [0.5, 0.6) is 0 Å². The number of benzene rings is 4. The van der Waals surface area contributed by atoms with Gasteiger partial charge in [0.25, 0.3) is 0 Å². The zero-order chi connectivity index (χ0) is 33.6. The fourth-order valence-electron chi connectivity index (χ4n) is 9.83. The van der Waals surface area contributed by atoms with Crippen molar-refractivity contribution in [1.29, 1.82) is 0 Å². The molecule has 4 heteroatoms. The topological polar surface area (TPSA) is 0 Å². The molecule has 0 aromatic heterocycles. The molecule has 0 heterocycles. The van der Waals surface area contributed by atoms with E-state index in [1.165, 1.54) is 45.0 Å². The van der Waals surface area contributed by atoms with Crippen molar-refractivity contribution in [3.63, 3.8) is 0 Å². The Hall–Kier alpha value is -1.83. The second-order valence-corrected chi connectivity index (χ2v) is 28.7. The van der Waals surface area contributed by atoms with E-state index in [0.29, 0.717) is 23.7 Å². The third-order valence-electron chi connectivity index (χ3n) is 13.1. The van der Waals surface area contributed by atoms with Gasteiger partial charge in [-0.25, -0.2) is 0 Å². The number of halogens is 2. The molecule has 0 radical (unpaired) electrons. The molecule has 0 spiro atoms. The van der Waals surface area contributed by atoms with E-state index in [2.05, 4.69) is 152 Å². The predicted octanol–water partition coefficient (Wildman–Crippen LogP) is 6.26. The molecule has 0 N–H and O–H groups in total. The summed E-state index contributed by atoms with van der Waals surface area (Å²) >= 11 is -2.54. The molecule has 5 atom stereocenters. The molecule has 4 aromatic carbocycles. The zero-order valence-corrected chi connectivity index (χ0v) is 36.5. The van der Waals surface area contributed by atoms with E-state index in [9.17, 15) is 0 Å². The number of rotatable bonds is 5. The quantitative estimate of drug-likeness (QED) is 0.210. The van der Waals surface area contributed by atoms with Crippen molar-refractivity contribution in [2.45, 2.75) is 103 Å². The van der Waals surface area contributed by atoms with Crippen LogP contribution in [0.3, 0.4) is 0 Å². The van der Waals surface area contributed by atoms with E-state index < -0.39 is 29.3 Å². The molecule has 0 saturated heterocycles. The van der Waals surface area contributed by atoms with Crippen molar-refractivity contribution in [3.8, 4) is 11.1 Å². The first-order valence-corrected chi connectivity index (χ1v) is 25.5. The minimum absolute atomic E-state index is 0. The second kappa shape index (κ2) is 14.0. The van der Waals surface area contributed by atoms with Crippen molar-refractivity contribution in [2.75, 3.05) is 0 Å². The van der Waals surface area contributed by atoms with Crippen LogP contribution in [0.25, 0.3) is 21.9 Å². The first-order chi connectivity index (χ1) is 22.3. The Kier molecular flexibility index (Phi) is 10.9. The third-order valence-corrected chi connectivity index (χ3v) is 23.8. The molecule has 0 nitrogen and oxygen atoms in total. The van der Waals surface area contributed by atoms with Gasteiger partial charge < -0.3 is 24.8 Å². The van der Waals surface area contributed by atoms with E-state index in [1.54, 1.807) is 33.0 Å². The van der Waals surface area contributed by atoms with Crippen LogP contribution in [0.4, 0.5) is 0 Å². The monoisotopic (exact) mass is 782 g/mol. The Labute approximate surface area is 317 Å². The Bertz CT molecular complexity index is 2030. The average molecular weight is 785 g/mol. The number of aryl methyl sites for hydroxylation is 1. The summed E-state index contributed by atoms with van der Waals surface area (Å²) < 4.78 is 4.91. The first-order valence-electron chi connectivity index (χ1n) is 18.1. The Balaban J connectivity index is 0.00000234. The predicted molar refractivity (Wildman–Crippen MR) is 206 cm³/mol. The number of allylic oxidation sites excluding steroid dienone is 4. The molecule has 0 bridgehead atoms. The maximum atomic E-state index is 2.93. The van der Waals surface area contributed by atoms with Crippen molar-refractivity contribution >= 4 is 22.6 Å². The second-order valence-electron chi connectivity index (χ2n) is 16.5. The third kappa shape index (κ3) is 5.94. The summed E-state index contributed by atoms with van der Waals surface area (Å²) in [5.74, 6) is 2.15. The molecule has 256 valence electrons. The standard InChI is InChI=1S/C29H33.C8H13Si.C8H8.2ClH.Zr/c1-14-13-24-25(18(5)15(14)2)21(8)28-27-20(7)17(4)16(3)19(6)26(27)22-11-9-10-12-23(22)29(24)28;1-9(2,3)8-6-4-5-7-8;1-2-8-6-4-3-5-7-8;;;/h9-13,16-17,19,21H,1-8H3;6-7H,4H2,1-3H3;1,3-7H,2H2;2*1H;/q;;;;;+2/p-2. The van der Waals surface area contributed by atoms with Crippen molar-refractivity contribution < 1.29 is 46.1 Å². The largest absolute Gasteiger partial charge is 1.00 e. The van der Waals surface area contributed by atoms with Crippen molar-refractivity contribution in [1.82, 2.24) is 0 Å².